The predicted octanol–water partition coefficient (Wildman–Crippen LogP) is 5.42. The Bertz CT molecular complexity index is 218. The lowest BCUT2D eigenvalue weighted by Gasteiger charge is -2.38. The first-order chi connectivity index (χ1) is 8.75. The van der Waals surface area contributed by atoms with Gasteiger partial charge in [-0.05, 0) is 57.5 Å². The van der Waals surface area contributed by atoms with Gasteiger partial charge in [0.2, 0.25) is 0 Å². The molecule has 0 aliphatic rings. The molecule has 0 bridgehead atoms. The third kappa shape index (κ3) is 6.11. The third-order valence-electron chi connectivity index (χ3n) is 4.55. The fourth-order valence-corrected chi connectivity index (χ4v) is 9.07. The van der Waals surface area contributed by atoms with E-state index in [9.17, 15) is 0 Å². The van der Waals surface area contributed by atoms with Gasteiger partial charge < -0.3 is 8.85 Å². The zero-order valence-electron chi connectivity index (χ0n) is 14.5. The molecule has 19 heavy (non-hydrogen) atoms. The van der Waals surface area contributed by atoms with Crippen molar-refractivity contribution in [3.05, 3.63) is 0 Å². The van der Waals surface area contributed by atoms with Crippen molar-refractivity contribution in [1.29, 1.82) is 0 Å². The SMILES string of the molecule is CCO[Si](C)(C)C(CC)CC(CC)[Si](C)(C)OCC. The van der Waals surface area contributed by atoms with Gasteiger partial charge >= 0.3 is 0 Å². The number of hydrogen-bond acceptors (Lipinski definition) is 2. The van der Waals surface area contributed by atoms with Crippen LogP contribution in [0.15, 0.2) is 0 Å². The minimum absolute atomic E-state index is 0.754. The predicted molar refractivity (Wildman–Crippen MR) is 90.9 cm³/mol. The van der Waals surface area contributed by atoms with Crippen molar-refractivity contribution >= 4 is 16.6 Å². The molecule has 0 amide bonds. The van der Waals surface area contributed by atoms with Crippen molar-refractivity contribution in [3.63, 3.8) is 0 Å². The number of hydrogen-bond donors (Lipinski definition) is 0. The molecule has 4 heteroatoms. The Labute approximate surface area is 123 Å². The summed E-state index contributed by atoms with van der Waals surface area (Å²) in [4.78, 5) is 0. The van der Waals surface area contributed by atoms with E-state index in [0.29, 0.717) is 0 Å². The smallest absolute Gasteiger partial charge is 0.189 e. The molecule has 0 heterocycles. The molecule has 116 valence electrons. The largest absolute Gasteiger partial charge is 0.417 e. The molecule has 0 spiro atoms. The van der Waals surface area contributed by atoms with Crippen molar-refractivity contribution in [1.82, 2.24) is 0 Å². The normalized spacial score (nSPS) is 16.4. The Balaban J connectivity index is 4.82. The number of rotatable bonds is 10. The fraction of sp³-hybridized carbons (Fsp3) is 1.00. The molecule has 0 saturated carbocycles. The van der Waals surface area contributed by atoms with Crippen molar-refractivity contribution < 1.29 is 8.85 Å². The Morgan fingerprint density at radius 3 is 1.21 bits per heavy atom. The van der Waals surface area contributed by atoms with Gasteiger partial charge in [0.15, 0.2) is 16.6 Å². The molecule has 0 aliphatic heterocycles. The molecule has 0 rings (SSSR count). The summed E-state index contributed by atoms with van der Waals surface area (Å²) in [6, 6.07) is 0. The highest BCUT2D eigenvalue weighted by atomic mass is 28.4. The van der Waals surface area contributed by atoms with Crippen LogP contribution in [0, 0.1) is 0 Å². The van der Waals surface area contributed by atoms with E-state index in [4.69, 9.17) is 8.85 Å². The Hall–Kier alpha value is 0.354. The summed E-state index contributed by atoms with van der Waals surface area (Å²) in [6.07, 6.45) is 3.78. The van der Waals surface area contributed by atoms with Crippen molar-refractivity contribution in [2.45, 2.75) is 84.2 Å². The zero-order chi connectivity index (χ0) is 15.1. The van der Waals surface area contributed by atoms with Crippen LogP contribution in [0.4, 0.5) is 0 Å². The molecule has 0 saturated heterocycles. The first-order valence-electron chi connectivity index (χ1n) is 8.02. The maximum atomic E-state index is 6.11. The van der Waals surface area contributed by atoms with Gasteiger partial charge in [-0.1, -0.05) is 26.7 Å². The van der Waals surface area contributed by atoms with E-state index in [1.54, 1.807) is 0 Å². The minimum Gasteiger partial charge on any atom is -0.417 e. The van der Waals surface area contributed by atoms with Crippen LogP contribution in [0.2, 0.25) is 37.3 Å². The zero-order valence-corrected chi connectivity index (χ0v) is 16.5. The van der Waals surface area contributed by atoms with Crippen LogP contribution in [0.5, 0.6) is 0 Å². The first kappa shape index (κ1) is 19.4. The monoisotopic (exact) mass is 304 g/mol. The second-order valence-corrected chi connectivity index (χ2v) is 15.1. The second-order valence-electron chi connectivity index (χ2n) is 6.52. The van der Waals surface area contributed by atoms with Gasteiger partial charge in [-0.25, -0.2) is 0 Å². The first-order valence-corrected chi connectivity index (χ1v) is 14.0. The highest BCUT2D eigenvalue weighted by Gasteiger charge is 2.39. The van der Waals surface area contributed by atoms with E-state index in [1.807, 2.05) is 0 Å². The van der Waals surface area contributed by atoms with Gasteiger partial charge in [0.1, 0.15) is 0 Å². The highest BCUT2D eigenvalue weighted by Crippen LogP contribution is 2.40. The average molecular weight is 305 g/mol. The summed E-state index contributed by atoms with van der Waals surface area (Å²) in [6.45, 7) is 20.1. The third-order valence-corrected chi connectivity index (χ3v) is 11.8. The molecule has 2 unspecified atom stereocenters. The van der Waals surface area contributed by atoms with Crippen LogP contribution in [0.1, 0.15) is 47.0 Å². The molecule has 2 nitrogen and oxygen atoms in total. The second kappa shape index (κ2) is 8.60. The minimum atomic E-state index is -1.55. The molecule has 0 radical (unpaired) electrons. The quantitative estimate of drug-likeness (QED) is 0.502. The highest BCUT2D eigenvalue weighted by molar-refractivity contribution is 6.74. The van der Waals surface area contributed by atoms with E-state index in [2.05, 4.69) is 53.9 Å². The van der Waals surface area contributed by atoms with Crippen LogP contribution >= 0.6 is 0 Å². The van der Waals surface area contributed by atoms with E-state index < -0.39 is 16.6 Å². The standard InChI is InChI=1S/C15H36O2Si2/c1-9-14(18(5,6)16-11-3)13-15(10-2)19(7,8)17-12-4/h14-15H,9-13H2,1-8H3. The van der Waals surface area contributed by atoms with Gasteiger partial charge in [0.05, 0.1) is 0 Å². The molecular formula is C15H36O2Si2. The molecular weight excluding hydrogens is 268 g/mol. The summed E-state index contributed by atoms with van der Waals surface area (Å²) >= 11 is 0. The lowest BCUT2D eigenvalue weighted by Crippen LogP contribution is -2.41. The summed E-state index contributed by atoms with van der Waals surface area (Å²) in [7, 11) is -3.09. The Kier molecular flexibility index (Phi) is 8.76. The molecule has 0 aromatic carbocycles. The van der Waals surface area contributed by atoms with Crippen LogP contribution in [0.25, 0.3) is 0 Å². The van der Waals surface area contributed by atoms with Gasteiger partial charge in [0, 0.05) is 13.2 Å². The summed E-state index contributed by atoms with van der Waals surface area (Å²) < 4.78 is 12.2. The Morgan fingerprint density at radius 1 is 0.684 bits per heavy atom. The van der Waals surface area contributed by atoms with Crippen molar-refractivity contribution in [2.75, 3.05) is 13.2 Å². The maximum absolute atomic E-state index is 6.11. The molecule has 0 aromatic heterocycles. The summed E-state index contributed by atoms with van der Waals surface area (Å²) in [5.41, 5.74) is 1.51. The van der Waals surface area contributed by atoms with Gasteiger partial charge in [-0.2, -0.15) is 0 Å². The lowest BCUT2D eigenvalue weighted by molar-refractivity contribution is 0.302. The lowest BCUT2D eigenvalue weighted by atomic mass is 10.1. The maximum Gasteiger partial charge on any atom is 0.189 e. The van der Waals surface area contributed by atoms with E-state index >= 15 is 0 Å². The Morgan fingerprint density at radius 2 is 1.00 bits per heavy atom. The van der Waals surface area contributed by atoms with Crippen LogP contribution in [-0.2, 0) is 8.85 Å². The molecule has 0 aromatic rings. The molecule has 0 aliphatic carbocycles. The molecule has 2 atom stereocenters. The molecule has 0 fully saturated rings. The van der Waals surface area contributed by atoms with Crippen molar-refractivity contribution in [3.8, 4) is 0 Å². The molecule has 0 N–H and O–H groups in total. The van der Waals surface area contributed by atoms with Gasteiger partial charge in [0.25, 0.3) is 0 Å². The average Bonchev–Trinajstić information content (AvgIpc) is 2.29. The van der Waals surface area contributed by atoms with Gasteiger partial charge in [-0.15, -0.1) is 0 Å². The fourth-order valence-electron chi connectivity index (χ4n) is 3.21. The summed E-state index contributed by atoms with van der Waals surface area (Å²) in [5.74, 6) is 0. The van der Waals surface area contributed by atoms with E-state index in [0.717, 1.165) is 24.3 Å². The summed E-state index contributed by atoms with van der Waals surface area (Å²) in [5, 5.41) is 0. The van der Waals surface area contributed by atoms with Crippen LogP contribution in [0.3, 0.4) is 0 Å². The van der Waals surface area contributed by atoms with E-state index in [1.165, 1.54) is 19.3 Å². The van der Waals surface area contributed by atoms with Crippen molar-refractivity contribution in [2.24, 2.45) is 0 Å². The van der Waals surface area contributed by atoms with Crippen LogP contribution in [-0.4, -0.2) is 29.8 Å². The topological polar surface area (TPSA) is 18.5 Å². The van der Waals surface area contributed by atoms with Gasteiger partial charge in [-0.3, -0.25) is 0 Å². The van der Waals surface area contributed by atoms with Crippen LogP contribution < -0.4 is 0 Å². The van der Waals surface area contributed by atoms with E-state index in [-0.39, 0.29) is 0 Å².